The van der Waals surface area contributed by atoms with Crippen LogP contribution >= 0.6 is 0 Å². The molecule has 2 unspecified atom stereocenters. The molecule has 1 heterocycles. The molecular weight excluding hydrogens is 261 g/mol. The molecule has 1 aliphatic rings. The van der Waals surface area contributed by atoms with Gasteiger partial charge in [-0.1, -0.05) is 13.0 Å². The average molecular weight is 279 g/mol. The maximum atomic E-state index is 13.5. The lowest BCUT2D eigenvalue weighted by atomic mass is 9.99. The third-order valence-corrected chi connectivity index (χ3v) is 3.82. The summed E-state index contributed by atoms with van der Waals surface area (Å²) in [7, 11) is 1.34. The first-order chi connectivity index (χ1) is 9.43. The number of carbonyl (C=O) groups excluding carboxylic acids is 2. The van der Waals surface area contributed by atoms with Crippen molar-refractivity contribution in [3.8, 4) is 0 Å². The highest BCUT2D eigenvalue weighted by atomic mass is 19.1. The zero-order chi connectivity index (χ0) is 14.9. The van der Waals surface area contributed by atoms with Crippen LogP contribution < -0.4 is 0 Å². The summed E-state index contributed by atoms with van der Waals surface area (Å²) in [5.74, 6) is -1.21. The molecule has 0 saturated carbocycles. The first kappa shape index (κ1) is 14.5. The van der Waals surface area contributed by atoms with Crippen LogP contribution in [0.25, 0.3) is 0 Å². The Balaban J connectivity index is 2.14. The van der Waals surface area contributed by atoms with Gasteiger partial charge in [0.05, 0.1) is 13.0 Å². The van der Waals surface area contributed by atoms with Crippen LogP contribution in [0.3, 0.4) is 0 Å². The fourth-order valence-electron chi connectivity index (χ4n) is 2.50. The highest BCUT2D eigenvalue weighted by molar-refractivity contribution is 5.95. The predicted molar refractivity (Wildman–Crippen MR) is 71.7 cm³/mol. The van der Waals surface area contributed by atoms with E-state index in [1.807, 2.05) is 6.92 Å². The van der Waals surface area contributed by atoms with Crippen molar-refractivity contribution in [1.82, 2.24) is 4.90 Å². The molecule has 0 aromatic heterocycles. The fourth-order valence-corrected chi connectivity index (χ4v) is 2.50. The Bertz CT molecular complexity index is 544. The Kier molecular flexibility index (Phi) is 4.06. The van der Waals surface area contributed by atoms with Gasteiger partial charge in [0.15, 0.2) is 0 Å². The lowest BCUT2D eigenvalue weighted by molar-refractivity contribution is -0.146. The van der Waals surface area contributed by atoms with Gasteiger partial charge in [0.25, 0.3) is 5.91 Å². The number of benzene rings is 1. The molecule has 1 aromatic carbocycles. The second-order valence-corrected chi connectivity index (χ2v) is 5.28. The smallest absolute Gasteiger partial charge is 0.310 e. The Labute approximate surface area is 117 Å². The summed E-state index contributed by atoms with van der Waals surface area (Å²) >= 11 is 0. The SMILES string of the molecule is COC(=O)C1CN(C(=O)c2ccc(C)c(F)c2)CC1C. The number of halogens is 1. The summed E-state index contributed by atoms with van der Waals surface area (Å²) in [5, 5.41) is 0. The summed E-state index contributed by atoms with van der Waals surface area (Å²) in [6.07, 6.45) is 0. The van der Waals surface area contributed by atoms with Crippen molar-refractivity contribution in [2.45, 2.75) is 13.8 Å². The summed E-state index contributed by atoms with van der Waals surface area (Å²) in [4.78, 5) is 25.5. The number of rotatable bonds is 2. The molecule has 2 atom stereocenters. The van der Waals surface area contributed by atoms with Crippen LogP contribution in [-0.4, -0.2) is 37.0 Å². The summed E-state index contributed by atoms with van der Waals surface area (Å²) < 4.78 is 18.3. The molecule has 5 heteroatoms. The van der Waals surface area contributed by atoms with E-state index in [-0.39, 0.29) is 23.7 Å². The lowest BCUT2D eigenvalue weighted by Crippen LogP contribution is -2.30. The van der Waals surface area contributed by atoms with Gasteiger partial charge in [-0.3, -0.25) is 9.59 Å². The third-order valence-electron chi connectivity index (χ3n) is 3.82. The maximum absolute atomic E-state index is 13.5. The number of nitrogens with zero attached hydrogens (tertiary/aromatic N) is 1. The standard InChI is InChI=1S/C15H18FNO3/c1-9-4-5-11(6-13(9)16)14(18)17-7-10(2)12(8-17)15(19)20-3/h4-6,10,12H,7-8H2,1-3H3. The third kappa shape index (κ3) is 2.66. The van der Waals surface area contributed by atoms with Gasteiger partial charge >= 0.3 is 5.97 Å². The van der Waals surface area contributed by atoms with Gasteiger partial charge in [0, 0.05) is 18.7 Å². The molecule has 0 N–H and O–H groups in total. The molecule has 1 fully saturated rings. The van der Waals surface area contributed by atoms with E-state index in [0.717, 1.165) is 0 Å². The van der Waals surface area contributed by atoms with Gasteiger partial charge in [-0.2, -0.15) is 0 Å². The summed E-state index contributed by atoms with van der Waals surface area (Å²) in [6.45, 7) is 4.36. The predicted octanol–water partition coefficient (Wildman–Crippen LogP) is 2.02. The molecule has 108 valence electrons. The Hall–Kier alpha value is -1.91. The first-order valence-corrected chi connectivity index (χ1v) is 6.57. The molecule has 20 heavy (non-hydrogen) atoms. The molecular formula is C15H18FNO3. The van der Waals surface area contributed by atoms with Crippen LogP contribution in [0, 0.1) is 24.6 Å². The van der Waals surface area contributed by atoms with Crippen LogP contribution in [0.4, 0.5) is 4.39 Å². The summed E-state index contributed by atoms with van der Waals surface area (Å²) in [5.41, 5.74) is 0.814. The number of carbonyl (C=O) groups is 2. The molecule has 0 aliphatic carbocycles. The van der Waals surface area contributed by atoms with Crippen LogP contribution in [0.15, 0.2) is 18.2 Å². The van der Waals surface area contributed by atoms with Gasteiger partial charge < -0.3 is 9.64 Å². The zero-order valence-corrected chi connectivity index (χ0v) is 11.9. The van der Waals surface area contributed by atoms with Crippen molar-refractivity contribution in [2.75, 3.05) is 20.2 Å². The van der Waals surface area contributed by atoms with Crippen molar-refractivity contribution in [2.24, 2.45) is 11.8 Å². The van der Waals surface area contributed by atoms with E-state index in [9.17, 15) is 14.0 Å². The number of likely N-dealkylation sites (tertiary alicyclic amines) is 1. The quantitative estimate of drug-likeness (QED) is 0.778. The van der Waals surface area contributed by atoms with Crippen LogP contribution in [0.5, 0.6) is 0 Å². The molecule has 0 bridgehead atoms. The Morgan fingerprint density at radius 3 is 2.65 bits per heavy atom. The number of esters is 1. The molecule has 1 amide bonds. The van der Waals surface area contributed by atoms with Crippen molar-refractivity contribution < 1.29 is 18.7 Å². The van der Waals surface area contributed by atoms with Crippen molar-refractivity contribution >= 4 is 11.9 Å². The minimum Gasteiger partial charge on any atom is -0.469 e. The van der Waals surface area contributed by atoms with E-state index in [4.69, 9.17) is 4.74 Å². The number of hydrogen-bond donors (Lipinski definition) is 0. The Morgan fingerprint density at radius 2 is 2.05 bits per heavy atom. The zero-order valence-electron chi connectivity index (χ0n) is 11.9. The average Bonchev–Trinajstić information content (AvgIpc) is 2.82. The Morgan fingerprint density at radius 1 is 1.35 bits per heavy atom. The minimum atomic E-state index is -0.396. The van der Waals surface area contributed by atoms with Gasteiger partial charge in [0.2, 0.25) is 0 Å². The fraction of sp³-hybridized carbons (Fsp3) is 0.467. The number of ether oxygens (including phenoxy) is 1. The van der Waals surface area contributed by atoms with Gasteiger partial charge in [-0.25, -0.2) is 4.39 Å². The molecule has 1 aliphatic heterocycles. The first-order valence-electron chi connectivity index (χ1n) is 6.57. The van der Waals surface area contributed by atoms with Crippen LogP contribution in [0.1, 0.15) is 22.8 Å². The molecule has 0 spiro atoms. The van der Waals surface area contributed by atoms with E-state index < -0.39 is 5.82 Å². The van der Waals surface area contributed by atoms with Gasteiger partial charge in [0.1, 0.15) is 5.82 Å². The monoisotopic (exact) mass is 279 g/mol. The van der Waals surface area contributed by atoms with Gasteiger partial charge in [-0.05, 0) is 30.5 Å². The van der Waals surface area contributed by atoms with Crippen molar-refractivity contribution in [3.63, 3.8) is 0 Å². The number of aryl methyl sites for hydroxylation is 1. The number of amides is 1. The van der Waals surface area contributed by atoms with Crippen molar-refractivity contribution in [1.29, 1.82) is 0 Å². The largest absolute Gasteiger partial charge is 0.469 e. The van der Waals surface area contributed by atoms with E-state index in [2.05, 4.69) is 0 Å². The highest BCUT2D eigenvalue weighted by Crippen LogP contribution is 2.25. The second-order valence-electron chi connectivity index (χ2n) is 5.28. The molecule has 1 saturated heterocycles. The van der Waals surface area contributed by atoms with E-state index in [1.165, 1.54) is 13.2 Å². The molecule has 2 rings (SSSR count). The maximum Gasteiger partial charge on any atom is 0.310 e. The normalized spacial score (nSPS) is 21.9. The molecule has 0 radical (unpaired) electrons. The molecule has 4 nitrogen and oxygen atoms in total. The van der Waals surface area contributed by atoms with Crippen molar-refractivity contribution in [3.05, 3.63) is 35.1 Å². The topological polar surface area (TPSA) is 46.6 Å². The number of hydrogen-bond acceptors (Lipinski definition) is 3. The van der Waals surface area contributed by atoms with Gasteiger partial charge in [-0.15, -0.1) is 0 Å². The van der Waals surface area contributed by atoms with E-state index in [0.29, 0.717) is 24.2 Å². The highest BCUT2D eigenvalue weighted by Gasteiger charge is 2.37. The van der Waals surface area contributed by atoms with Crippen LogP contribution in [-0.2, 0) is 9.53 Å². The van der Waals surface area contributed by atoms with E-state index >= 15 is 0 Å². The number of methoxy groups -OCH3 is 1. The lowest BCUT2D eigenvalue weighted by Gasteiger charge is -2.16. The van der Waals surface area contributed by atoms with E-state index in [1.54, 1.807) is 24.0 Å². The summed E-state index contributed by atoms with van der Waals surface area (Å²) in [6, 6.07) is 4.44. The second kappa shape index (κ2) is 5.61. The molecule has 1 aromatic rings. The van der Waals surface area contributed by atoms with Crippen LogP contribution in [0.2, 0.25) is 0 Å². The minimum absolute atomic E-state index is 0.0432.